The molecule has 1 aromatic heterocycles. The molecule has 2 N–H and O–H groups in total. The molecule has 4 heteroatoms. The number of rotatable bonds is 1. The predicted octanol–water partition coefficient (Wildman–Crippen LogP) is -0.224. The van der Waals surface area contributed by atoms with Gasteiger partial charge in [0.15, 0.2) is 0 Å². The summed E-state index contributed by atoms with van der Waals surface area (Å²) in [6, 6.07) is 0. The second kappa shape index (κ2) is 3.12. The highest BCUT2D eigenvalue weighted by Crippen LogP contribution is 2.24. The highest BCUT2D eigenvalue weighted by molar-refractivity contribution is 5.24. The minimum Gasteiger partial charge on any atom is -0.391 e. The number of hydrogen-bond acceptors (Lipinski definition) is 3. The van der Waals surface area contributed by atoms with Gasteiger partial charge in [0.25, 0.3) is 0 Å². The largest absolute Gasteiger partial charge is 0.391 e. The van der Waals surface area contributed by atoms with Crippen LogP contribution in [0, 0.1) is 6.92 Å². The molecule has 0 saturated carbocycles. The van der Waals surface area contributed by atoms with Crippen LogP contribution in [-0.4, -0.2) is 34.1 Å². The van der Waals surface area contributed by atoms with Crippen molar-refractivity contribution in [2.75, 3.05) is 13.1 Å². The molecule has 2 atom stereocenters. The summed E-state index contributed by atoms with van der Waals surface area (Å²) in [6.45, 7) is 3.53. The molecule has 0 aromatic carbocycles. The van der Waals surface area contributed by atoms with E-state index in [-0.39, 0.29) is 12.0 Å². The maximum atomic E-state index is 9.68. The van der Waals surface area contributed by atoms with Crippen LogP contribution in [0.3, 0.4) is 0 Å². The first-order chi connectivity index (χ1) is 6.18. The number of aromatic nitrogens is 2. The topological polar surface area (TPSA) is 50.1 Å². The second-order valence-corrected chi connectivity index (χ2v) is 3.68. The third-order valence-corrected chi connectivity index (χ3v) is 2.63. The molecule has 1 aliphatic rings. The van der Waals surface area contributed by atoms with Crippen LogP contribution in [-0.2, 0) is 7.05 Å². The van der Waals surface area contributed by atoms with Crippen molar-refractivity contribution in [3.05, 3.63) is 17.5 Å². The Labute approximate surface area is 77.6 Å². The molecular weight excluding hydrogens is 166 g/mol. The summed E-state index contributed by atoms with van der Waals surface area (Å²) in [7, 11) is 1.91. The maximum Gasteiger partial charge on any atom is 0.0746 e. The van der Waals surface area contributed by atoms with Gasteiger partial charge in [-0.1, -0.05) is 0 Å². The van der Waals surface area contributed by atoms with E-state index < -0.39 is 0 Å². The van der Waals surface area contributed by atoms with Crippen molar-refractivity contribution in [2.45, 2.75) is 18.9 Å². The number of aryl methyl sites for hydroxylation is 2. The highest BCUT2D eigenvalue weighted by Gasteiger charge is 2.28. The molecule has 0 unspecified atom stereocenters. The van der Waals surface area contributed by atoms with E-state index in [0.29, 0.717) is 6.54 Å². The Morgan fingerprint density at radius 2 is 2.38 bits per heavy atom. The van der Waals surface area contributed by atoms with E-state index in [4.69, 9.17) is 0 Å². The van der Waals surface area contributed by atoms with Gasteiger partial charge in [-0.3, -0.25) is 4.68 Å². The van der Waals surface area contributed by atoms with Gasteiger partial charge >= 0.3 is 0 Å². The monoisotopic (exact) mass is 181 g/mol. The van der Waals surface area contributed by atoms with Gasteiger partial charge in [0.2, 0.25) is 0 Å². The molecule has 72 valence electrons. The summed E-state index contributed by atoms with van der Waals surface area (Å²) in [4.78, 5) is 0. The van der Waals surface area contributed by atoms with Gasteiger partial charge in [-0.25, -0.2) is 0 Å². The van der Waals surface area contributed by atoms with Crippen molar-refractivity contribution in [1.29, 1.82) is 0 Å². The third kappa shape index (κ3) is 1.47. The van der Waals surface area contributed by atoms with Crippen LogP contribution < -0.4 is 5.32 Å². The Balaban J connectivity index is 2.28. The van der Waals surface area contributed by atoms with Crippen molar-refractivity contribution >= 4 is 0 Å². The zero-order valence-corrected chi connectivity index (χ0v) is 7.99. The van der Waals surface area contributed by atoms with E-state index in [9.17, 15) is 5.11 Å². The average Bonchev–Trinajstić information content (AvgIpc) is 2.58. The molecule has 0 spiro atoms. The summed E-state index contributed by atoms with van der Waals surface area (Å²) in [5, 5.41) is 17.1. The fourth-order valence-corrected chi connectivity index (χ4v) is 1.96. The molecule has 1 aromatic rings. The minimum absolute atomic E-state index is 0.216. The zero-order valence-electron chi connectivity index (χ0n) is 7.99. The van der Waals surface area contributed by atoms with Gasteiger partial charge in [-0.2, -0.15) is 5.10 Å². The lowest BCUT2D eigenvalue weighted by Gasteiger charge is -2.11. The molecule has 4 nitrogen and oxygen atoms in total. The smallest absolute Gasteiger partial charge is 0.0746 e. The van der Waals surface area contributed by atoms with Gasteiger partial charge in [0.05, 0.1) is 11.8 Å². The molecular formula is C9H15N3O. The van der Waals surface area contributed by atoms with E-state index in [2.05, 4.69) is 10.4 Å². The van der Waals surface area contributed by atoms with Gasteiger partial charge in [-0.15, -0.1) is 0 Å². The minimum atomic E-state index is -0.261. The number of nitrogens with zero attached hydrogens (tertiary/aromatic N) is 2. The molecule has 2 heterocycles. The first-order valence-electron chi connectivity index (χ1n) is 4.57. The van der Waals surface area contributed by atoms with Gasteiger partial charge in [0, 0.05) is 32.3 Å². The fourth-order valence-electron chi connectivity index (χ4n) is 1.96. The summed E-state index contributed by atoms with van der Waals surface area (Å²) < 4.78 is 1.80. The molecule has 2 rings (SSSR count). The third-order valence-electron chi connectivity index (χ3n) is 2.63. The molecule has 13 heavy (non-hydrogen) atoms. The van der Waals surface area contributed by atoms with E-state index >= 15 is 0 Å². The van der Waals surface area contributed by atoms with Gasteiger partial charge < -0.3 is 10.4 Å². The normalized spacial score (nSPS) is 28.2. The number of hydrogen-bond donors (Lipinski definition) is 2. The van der Waals surface area contributed by atoms with Crippen LogP contribution in [0.5, 0.6) is 0 Å². The number of β-amino-alcohol motifs (C(OH)–C–C–N with tert-alkyl or cyclic N) is 1. The van der Waals surface area contributed by atoms with Crippen LogP contribution in [0.25, 0.3) is 0 Å². The molecule has 0 amide bonds. The van der Waals surface area contributed by atoms with Crippen LogP contribution in [0.2, 0.25) is 0 Å². The Bertz CT molecular complexity index is 308. The van der Waals surface area contributed by atoms with Crippen molar-refractivity contribution < 1.29 is 5.11 Å². The Morgan fingerprint density at radius 1 is 1.62 bits per heavy atom. The Morgan fingerprint density at radius 3 is 2.85 bits per heavy atom. The predicted molar refractivity (Wildman–Crippen MR) is 49.6 cm³/mol. The lowest BCUT2D eigenvalue weighted by atomic mass is 9.97. The first kappa shape index (κ1) is 8.72. The van der Waals surface area contributed by atoms with Crippen LogP contribution in [0.1, 0.15) is 17.2 Å². The Kier molecular flexibility index (Phi) is 2.09. The first-order valence-corrected chi connectivity index (χ1v) is 4.57. The average molecular weight is 181 g/mol. The SMILES string of the molecule is Cc1nn(C)cc1[C@@H]1CNC[C@H]1O. The number of aliphatic hydroxyl groups excluding tert-OH is 1. The second-order valence-electron chi connectivity index (χ2n) is 3.68. The van der Waals surface area contributed by atoms with Crippen LogP contribution in [0.15, 0.2) is 6.20 Å². The molecule has 0 aliphatic carbocycles. The highest BCUT2D eigenvalue weighted by atomic mass is 16.3. The zero-order chi connectivity index (χ0) is 9.42. The summed E-state index contributed by atoms with van der Waals surface area (Å²) in [5.41, 5.74) is 2.19. The standard InChI is InChI=1S/C9H15N3O/c1-6-8(5-12(2)11-6)7-3-10-4-9(7)13/h5,7,9-10,13H,3-4H2,1-2H3/t7-,9+/m0/s1. The maximum absolute atomic E-state index is 9.68. The lowest BCUT2D eigenvalue weighted by molar-refractivity contribution is 0.177. The number of aliphatic hydroxyl groups is 1. The molecule has 1 aliphatic heterocycles. The Hall–Kier alpha value is -0.870. The van der Waals surface area contributed by atoms with E-state index in [1.165, 1.54) is 5.56 Å². The van der Waals surface area contributed by atoms with Crippen molar-refractivity contribution in [1.82, 2.24) is 15.1 Å². The lowest BCUT2D eigenvalue weighted by Crippen LogP contribution is -2.16. The quantitative estimate of drug-likeness (QED) is 0.629. The number of nitrogens with one attached hydrogen (secondary N) is 1. The van der Waals surface area contributed by atoms with Crippen molar-refractivity contribution in [3.8, 4) is 0 Å². The van der Waals surface area contributed by atoms with Crippen LogP contribution >= 0.6 is 0 Å². The van der Waals surface area contributed by atoms with Crippen LogP contribution in [0.4, 0.5) is 0 Å². The molecule has 1 fully saturated rings. The van der Waals surface area contributed by atoms with E-state index in [1.54, 1.807) is 4.68 Å². The van der Waals surface area contributed by atoms with E-state index in [0.717, 1.165) is 12.2 Å². The summed E-state index contributed by atoms with van der Waals surface area (Å²) >= 11 is 0. The van der Waals surface area contributed by atoms with Gasteiger partial charge in [0.1, 0.15) is 0 Å². The molecule has 1 saturated heterocycles. The van der Waals surface area contributed by atoms with Gasteiger partial charge in [-0.05, 0) is 12.5 Å². The van der Waals surface area contributed by atoms with Crippen molar-refractivity contribution in [2.24, 2.45) is 7.05 Å². The summed E-state index contributed by atoms with van der Waals surface area (Å²) in [5.74, 6) is 0.216. The van der Waals surface area contributed by atoms with E-state index in [1.807, 2.05) is 20.2 Å². The molecule has 0 bridgehead atoms. The molecule has 0 radical (unpaired) electrons. The summed E-state index contributed by atoms with van der Waals surface area (Å²) in [6.07, 6.45) is 1.74. The van der Waals surface area contributed by atoms with Crippen molar-refractivity contribution in [3.63, 3.8) is 0 Å². The fraction of sp³-hybridized carbons (Fsp3) is 0.667.